The number of phenols is 1. The Balaban J connectivity index is 1.91. The molecule has 0 bridgehead atoms. The van der Waals surface area contributed by atoms with Crippen molar-refractivity contribution in [1.82, 2.24) is 5.32 Å². The van der Waals surface area contributed by atoms with E-state index in [0.717, 1.165) is 5.56 Å². The van der Waals surface area contributed by atoms with Crippen LogP contribution in [0, 0.1) is 11.8 Å². The van der Waals surface area contributed by atoms with Crippen LogP contribution in [0.1, 0.15) is 75.6 Å². The third-order valence-corrected chi connectivity index (χ3v) is 7.61. The predicted molar refractivity (Wildman–Crippen MR) is 132 cm³/mol. The first kappa shape index (κ1) is 25.9. The van der Waals surface area contributed by atoms with Gasteiger partial charge in [-0.25, -0.2) is 0 Å². The number of carbonyl (C=O) groups is 3. The van der Waals surface area contributed by atoms with Crippen molar-refractivity contribution >= 4 is 23.2 Å². The molecule has 3 aliphatic rings. The van der Waals surface area contributed by atoms with Gasteiger partial charge in [-0.3, -0.25) is 14.4 Å². The van der Waals surface area contributed by atoms with E-state index in [4.69, 9.17) is 5.73 Å². The quantitative estimate of drug-likeness (QED) is 0.344. The predicted octanol–water partition coefficient (Wildman–Crippen LogP) is 2.44. The van der Waals surface area contributed by atoms with Crippen LogP contribution in [0.5, 0.6) is 5.75 Å². The highest BCUT2D eigenvalue weighted by Gasteiger charge is 2.60. The molecule has 0 spiro atoms. The van der Waals surface area contributed by atoms with Gasteiger partial charge in [-0.15, -0.1) is 0 Å². The minimum Gasteiger partial charge on any atom is -0.508 e. The normalized spacial score (nSPS) is 26.2. The smallest absolute Gasteiger partial charge is 0.255 e. The number of rotatable bonds is 4. The van der Waals surface area contributed by atoms with Gasteiger partial charge < -0.3 is 31.5 Å². The molecule has 0 heterocycles. The summed E-state index contributed by atoms with van der Waals surface area (Å²) in [6.45, 7) is 10.3. The van der Waals surface area contributed by atoms with E-state index in [1.165, 1.54) is 0 Å². The minimum atomic E-state index is -2.56. The van der Waals surface area contributed by atoms with Crippen LogP contribution in [0.4, 0.5) is 0 Å². The van der Waals surface area contributed by atoms with E-state index in [1.807, 2.05) is 40.7 Å². The van der Waals surface area contributed by atoms with E-state index in [-0.39, 0.29) is 41.2 Å². The Morgan fingerprint density at radius 1 is 1.19 bits per heavy atom. The molecule has 9 nitrogen and oxygen atoms in total. The Bertz CT molecular complexity index is 1250. The summed E-state index contributed by atoms with van der Waals surface area (Å²) in [5.74, 6) is -6.10. The van der Waals surface area contributed by atoms with E-state index in [0.29, 0.717) is 24.1 Å². The average Bonchev–Trinajstić information content (AvgIpc) is 2.74. The van der Waals surface area contributed by atoms with Gasteiger partial charge in [0.05, 0.1) is 5.56 Å². The Morgan fingerprint density at radius 3 is 2.39 bits per heavy atom. The zero-order valence-corrected chi connectivity index (χ0v) is 21.2. The van der Waals surface area contributed by atoms with Gasteiger partial charge in [-0.1, -0.05) is 19.9 Å². The number of phenolic OH excluding ortho intramolecular Hbond substituents is 1. The second-order valence-corrected chi connectivity index (χ2v) is 11.5. The van der Waals surface area contributed by atoms with Crippen molar-refractivity contribution in [3.8, 4) is 5.75 Å². The molecule has 0 aromatic heterocycles. The van der Waals surface area contributed by atoms with E-state index in [1.54, 1.807) is 0 Å². The number of carbonyl (C=O) groups excluding carboxylic acids is 3. The fourth-order valence-corrected chi connectivity index (χ4v) is 5.79. The number of hydrogen-bond acceptors (Lipinski definition) is 8. The van der Waals surface area contributed by atoms with Crippen molar-refractivity contribution in [1.29, 1.82) is 0 Å². The van der Waals surface area contributed by atoms with Crippen molar-refractivity contribution in [3.05, 3.63) is 45.2 Å². The van der Waals surface area contributed by atoms with E-state index in [2.05, 4.69) is 5.32 Å². The second-order valence-electron chi connectivity index (χ2n) is 11.5. The summed E-state index contributed by atoms with van der Waals surface area (Å²) in [5, 5.41) is 48.0. The molecule has 0 radical (unpaired) electrons. The third-order valence-electron chi connectivity index (χ3n) is 7.61. The molecular weight excluding hydrogens is 464 g/mol. The second kappa shape index (κ2) is 8.45. The molecule has 1 aromatic rings. The third kappa shape index (κ3) is 3.81. The lowest BCUT2D eigenvalue weighted by molar-refractivity contribution is -0.147. The number of aromatic hydroxyl groups is 1. The highest BCUT2D eigenvalue weighted by atomic mass is 16.3. The molecule has 9 heteroatoms. The van der Waals surface area contributed by atoms with Crippen molar-refractivity contribution in [2.45, 2.75) is 77.5 Å². The molecule has 194 valence electrons. The summed E-state index contributed by atoms with van der Waals surface area (Å²) in [6.07, 6.45) is 0.0959. The fourth-order valence-electron chi connectivity index (χ4n) is 5.79. The Kier molecular flexibility index (Phi) is 6.08. The van der Waals surface area contributed by atoms with Crippen LogP contribution in [0.2, 0.25) is 0 Å². The molecule has 0 unspecified atom stereocenters. The first-order valence-corrected chi connectivity index (χ1v) is 12.2. The highest BCUT2D eigenvalue weighted by Crippen LogP contribution is 2.53. The molecule has 4 rings (SSSR count). The summed E-state index contributed by atoms with van der Waals surface area (Å²) in [4.78, 5) is 37.9. The number of fused-ring (bicyclic) bond motifs is 3. The van der Waals surface area contributed by atoms with Gasteiger partial charge in [0.15, 0.2) is 11.4 Å². The number of amides is 1. The number of nitrogens with one attached hydrogen (secondary N) is 1. The first-order valence-electron chi connectivity index (χ1n) is 12.2. The molecule has 1 fully saturated rings. The number of hydrogen-bond donors (Lipinski definition) is 6. The van der Waals surface area contributed by atoms with E-state index < -0.39 is 52.0 Å². The Hall–Kier alpha value is -3.17. The van der Waals surface area contributed by atoms with Gasteiger partial charge >= 0.3 is 0 Å². The maximum absolute atomic E-state index is 13.7. The molecule has 3 atom stereocenters. The van der Waals surface area contributed by atoms with Crippen LogP contribution in [-0.4, -0.2) is 49.0 Å². The molecule has 7 N–H and O–H groups in total. The number of benzene rings is 1. The van der Waals surface area contributed by atoms with Gasteiger partial charge in [0.25, 0.3) is 5.91 Å². The lowest BCUT2D eigenvalue weighted by Crippen LogP contribution is -2.58. The Labute approximate surface area is 209 Å². The van der Waals surface area contributed by atoms with Crippen LogP contribution in [0.15, 0.2) is 23.0 Å². The fraction of sp³-hybridized carbons (Fsp3) is 0.519. The summed E-state index contributed by atoms with van der Waals surface area (Å²) in [5.41, 5.74) is 3.85. The lowest BCUT2D eigenvalue weighted by Gasteiger charge is -2.46. The summed E-state index contributed by atoms with van der Waals surface area (Å²) in [7, 11) is 0. The van der Waals surface area contributed by atoms with E-state index in [9.17, 15) is 34.8 Å². The maximum atomic E-state index is 13.7. The largest absolute Gasteiger partial charge is 0.508 e. The molecule has 3 aliphatic carbocycles. The monoisotopic (exact) mass is 498 g/mol. The molecule has 1 aromatic carbocycles. The lowest BCUT2D eigenvalue weighted by atomic mass is 9.59. The van der Waals surface area contributed by atoms with Gasteiger partial charge in [0.1, 0.15) is 22.8 Å². The molecular formula is C27H34N2O7. The standard InChI is InChI=1S/C27H34N2O7/c1-11(2)15-8-13(10-29-26(3,4)5)21(31)19-16(15)7-12-6-14-9-17(30)20(25(28)35)24(34)27(14,36)23(33)18(12)22(19)32/h8,11-12,14,29,31-32,34,36H,6-7,9-10H2,1-5H3,(H2,28,35)/t12-,14+,27+/m1/s1. The number of aliphatic hydroxyl groups is 3. The molecule has 36 heavy (non-hydrogen) atoms. The van der Waals surface area contributed by atoms with Gasteiger partial charge in [-0.05, 0) is 56.6 Å². The maximum Gasteiger partial charge on any atom is 0.255 e. The van der Waals surface area contributed by atoms with Crippen molar-refractivity contribution in [2.75, 3.05) is 0 Å². The van der Waals surface area contributed by atoms with Crippen molar-refractivity contribution in [2.24, 2.45) is 17.6 Å². The topological polar surface area (TPSA) is 170 Å². The summed E-state index contributed by atoms with van der Waals surface area (Å²) < 4.78 is 0. The van der Waals surface area contributed by atoms with Crippen LogP contribution in [-0.2, 0) is 27.3 Å². The number of primary amides is 1. The van der Waals surface area contributed by atoms with Gasteiger partial charge in [-0.2, -0.15) is 0 Å². The molecule has 1 amide bonds. The summed E-state index contributed by atoms with van der Waals surface area (Å²) in [6, 6.07) is 1.91. The SMILES string of the molecule is CC(C)c1cc(CNC(C)(C)C)c(O)c2c1C[C@H]1C[C@H]3CC(=O)C(C(N)=O)=C(O)[C@@]3(O)C(=O)C1=C2O. The number of nitrogens with two attached hydrogens (primary N) is 1. The highest BCUT2D eigenvalue weighted by molar-refractivity contribution is 6.22. The zero-order valence-electron chi connectivity index (χ0n) is 21.2. The number of aliphatic hydroxyl groups excluding tert-OH is 2. The van der Waals surface area contributed by atoms with Gasteiger partial charge in [0.2, 0.25) is 5.78 Å². The molecule has 0 aliphatic heterocycles. The summed E-state index contributed by atoms with van der Waals surface area (Å²) >= 11 is 0. The first-order chi connectivity index (χ1) is 16.6. The van der Waals surface area contributed by atoms with Crippen LogP contribution in [0.25, 0.3) is 5.76 Å². The average molecular weight is 499 g/mol. The number of ketones is 2. The zero-order chi connectivity index (χ0) is 26.9. The van der Waals surface area contributed by atoms with Crippen molar-refractivity contribution in [3.63, 3.8) is 0 Å². The van der Waals surface area contributed by atoms with E-state index >= 15 is 0 Å². The molecule has 0 saturated heterocycles. The Morgan fingerprint density at radius 2 is 1.83 bits per heavy atom. The van der Waals surface area contributed by atoms with Crippen LogP contribution in [0.3, 0.4) is 0 Å². The minimum absolute atomic E-state index is 0.0553. The van der Waals surface area contributed by atoms with Gasteiger partial charge in [0, 0.05) is 35.6 Å². The van der Waals surface area contributed by atoms with Crippen LogP contribution < -0.4 is 11.1 Å². The van der Waals surface area contributed by atoms with Crippen LogP contribution >= 0.6 is 0 Å². The molecule has 1 saturated carbocycles. The number of Topliss-reactive ketones (excluding diaryl/α,β-unsaturated/α-hetero) is 2. The van der Waals surface area contributed by atoms with Crippen molar-refractivity contribution < 1.29 is 34.8 Å².